The zero-order valence-corrected chi connectivity index (χ0v) is 13.4. The van der Waals surface area contributed by atoms with Crippen LogP contribution in [0.1, 0.15) is 38.4 Å². The van der Waals surface area contributed by atoms with E-state index < -0.39 is 16.1 Å². The van der Waals surface area contributed by atoms with Gasteiger partial charge in [0.05, 0.1) is 11.0 Å². The quantitative estimate of drug-likeness (QED) is 0.835. The largest absolute Gasteiger partial charge is 0.389 e. The van der Waals surface area contributed by atoms with Gasteiger partial charge in [-0.1, -0.05) is 19.1 Å². The molecule has 0 aliphatic carbocycles. The topological polar surface area (TPSA) is 69.6 Å². The van der Waals surface area contributed by atoms with Gasteiger partial charge in [-0.2, -0.15) is 0 Å². The van der Waals surface area contributed by atoms with Crippen LogP contribution >= 0.6 is 0 Å². The van der Waals surface area contributed by atoms with Crippen LogP contribution in [-0.2, 0) is 10.0 Å². The molecule has 0 spiro atoms. The molecule has 1 aliphatic heterocycles. The molecule has 1 heterocycles. The fourth-order valence-electron chi connectivity index (χ4n) is 2.77. The van der Waals surface area contributed by atoms with E-state index in [1.165, 1.54) is 6.07 Å². The molecule has 1 aliphatic rings. The molecule has 2 rings (SSSR count). The zero-order valence-electron chi connectivity index (χ0n) is 12.6. The van der Waals surface area contributed by atoms with Crippen LogP contribution in [0.4, 0.5) is 0 Å². The second kappa shape index (κ2) is 6.87. The third-order valence-electron chi connectivity index (χ3n) is 4.07. The van der Waals surface area contributed by atoms with Crippen molar-refractivity contribution in [1.82, 2.24) is 9.62 Å². The molecule has 5 nitrogen and oxygen atoms in total. The number of benzene rings is 1. The predicted octanol–water partition coefficient (Wildman–Crippen LogP) is 1.50. The molecule has 1 aromatic rings. The minimum absolute atomic E-state index is 0.210. The summed E-state index contributed by atoms with van der Waals surface area (Å²) in [5, 5.41) is 9.56. The number of aliphatic hydroxyl groups is 1. The zero-order chi connectivity index (χ0) is 15.5. The van der Waals surface area contributed by atoms with Gasteiger partial charge in [-0.15, -0.1) is 0 Å². The standard InChI is InChI=1S/C15H24N2O3S/c1-3-17-9-5-7-14(17)11-16-21(19,20)15-8-4-6-13(10-15)12(2)18/h4,6,8,10,12,14,16,18H,3,5,7,9,11H2,1-2H3. The Hall–Kier alpha value is -0.950. The number of hydrogen-bond donors (Lipinski definition) is 2. The van der Waals surface area contributed by atoms with Crippen molar-refractivity contribution >= 4 is 10.0 Å². The van der Waals surface area contributed by atoms with Crippen molar-refractivity contribution in [3.63, 3.8) is 0 Å². The van der Waals surface area contributed by atoms with Crippen LogP contribution in [0.15, 0.2) is 29.2 Å². The van der Waals surface area contributed by atoms with Crippen molar-refractivity contribution in [1.29, 1.82) is 0 Å². The first kappa shape index (κ1) is 16.4. The van der Waals surface area contributed by atoms with E-state index in [1.807, 2.05) is 0 Å². The van der Waals surface area contributed by atoms with E-state index in [-0.39, 0.29) is 10.9 Å². The molecule has 1 fully saturated rings. The summed E-state index contributed by atoms with van der Waals surface area (Å²) < 4.78 is 27.4. The molecule has 1 aromatic carbocycles. The molecule has 2 N–H and O–H groups in total. The highest BCUT2D eigenvalue weighted by Crippen LogP contribution is 2.19. The molecule has 2 unspecified atom stereocenters. The Kier molecular flexibility index (Phi) is 5.37. The number of nitrogens with one attached hydrogen (secondary N) is 1. The van der Waals surface area contributed by atoms with Gasteiger partial charge in [0.2, 0.25) is 10.0 Å². The first-order valence-electron chi connectivity index (χ1n) is 7.45. The lowest BCUT2D eigenvalue weighted by Gasteiger charge is -2.22. The molecule has 118 valence electrons. The Morgan fingerprint density at radius 3 is 2.90 bits per heavy atom. The van der Waals surface area contributed by atoms with Crippen LogP contribution in [-0.4, -0.2) is 44.1 Å². The number of rotatable bonds is 6. The maximum atomic E-state index is 12.3. The lowest BCUT2D eigenvalue weighted by atomic mass is 10.1. The minimum Gasteiger partial charge on any atom is -0.389 e. The van der Waals surface area contributed by atoms with Gasteiger partial charge in [0.15, 0.2) is 0 Å². The Balaban J connectivity index is 2.06. The van der Waals surface area contributed by atoms with Crippen molar-refractivity contribution in [2.75, 3.05) is 19.6 Å². The molecule has 1 saturated heterocycles. The molecule has 0 saturated carbocycles. The highest BCUT2D eigenvalue weighted by atomic mass is 32.2. The van der Waals surface area contributed by atoms with Gasteiger partial charge in [0.1, 0.15) is 0 Å². The van der Waals surface area contributed by atoms with Crippen molar-refractivity contribution in [2.24, 2.45) is 0 Å². The molecule has 0 radical (unpaired) electrons. The molecular weight excluding hydrogens is 288 g/mol. The average Bonchev–Trinajstić information content (AvgIpc) is 2.93. The fourth-order valence-corrected chi connectivity index (χ4v) is 3.90. The maximum Gasteiger partial charge on any atom is 0.240 e. The summed E-state index contributed by atoms with van der Waals surface area (Å²) in [5.41, 5.74) is 0.605. The Bertz CT molecular complexity index is 572. The van der Waals surface area contributed by atoms with Gasteiger partial charge < -0.3 is 5.11 Å². The average molecular weight is 312 g/mol. The highest BCUT2D eigenvalue weighted by molar-refractivity contribution is 7.89. The molecule has 0 amide bonds. The highest BCUT2D eigenvalue weighted by Gasteiger charge is 2.25. The number of likely N-dealkylation sites (tertiary alicyclic amines) is 1. The van der Waals surface area contributed by atoms with E-state index in [0.29, 0.717) is 12.1 Å². The van der Waals surface area contributed by atoms with E-state index in [2.05, 4.69) is 16.5 Å². The summed E-state index contributed by atoms with van der Waals surface area (Å²) >= 11 is 0. The lowest BCUT2D eigenvalue weighted by Crippen LogP contribution is -2.40. The second-order valence-corrected chi connectivity index (χ2v) is 7.29. The first-order chi connectivity index (χ1) is 9.94. The first-order valence-corrected chi connectivity index (χ1v) is 8.94. The minimum atomic E-state index is -3.52. The number of sulfonamides is 1. The Labute approximate surface area is 127 Å². The Morgan fingerprint density at radius 2 is 2.24 bits per heavy atom. The van der Waals surface area contributed by atoms with E-state index in [1.54, 1.807) is 25.1 Å². The lowest BCUT2D eigenvalue weighted by molar-refractivity contribution is 0.199. The third kappa shape index (κ3) is 4.03. The molecule has 6 heteroatoms. The number of nitrogens with zero attached hydrogens (tertiary/aromatic N) is 1. The van der Waals surface area contributed by atoms with Crippen LogP contribution in [0.5, 0.6) is 0 Å². The van der Waals surface area contributed by atoms with Gasteiger partial charge in [-0.3, -0.25) is 4.90 Å². The summed E-state index contributed by atoms with van der Waals surface area (Å²) in [5.74, 6) is 0. The van der Waals surface area contributed by atoms with Crippen LogP contribution in [0.2, 0.25) is 0 Å². The van der Waals surface area contributed by atoms with Crippen LogP contribution in [0.25, 0.3) is 0 Å². The van der Waals surface area contributed by atoms with E-state index >= 15 is 0 Å². The Morgan fingerprint density at radius 1 is 1.48 bits per heavy atom. The van der Waals surface area contributed by atoms with Crippen LogP contribution < -0.4 is 4.72 Å². The smallest absolute Gasteiger partial charge is 0.240 e. The predicted molar refractivity (Wildman–Crippen MR) is 82.5 cm³/mol. The fraction of sp³-hybridized carbons (Fsp3) is 0.600. The summed E-state index contributed by atoms with van der Waals surface area (Å²) in [4.78, 5) is 2.51. The van der Waals surface area contributed by atoms with Crippen molar-refractivity contribution in [3.05, 3.63) is 29.8 Å². The van der Waals surface area contributed by atoms with Crippen molar-refractivity contribution in [3.8, 4) is 0 Å². The molecule has 21 heavy (non-hydrogen) atoms. The summed E-state index contributed by atoms with van der Waals surface area (Å²) in [6.45, 7) is 6.15. The molecule has 0 aromatic heterocycles. The van der Waals surface area contributed by atoms with Gasteiger partial charge in [0.25, 0.3) is 0 Å². The summed E-state index contributed by atoms with van der Waals surface area (Å²) in [6, 6.07) is 6.74. The maximum absolute atomic E-state index is 12.3. The van der Waals surface area contributed by atoms with Gasteiger partial charge in [-0.05, 0) is 50.6 Å². The van der Waals surface area contributed by atoms with Crippen LogP contribution in [0.3, 0.4) is 0 Å². The van der Waals surface area contributed by atoms with Gasteiger partial charge in [0, 0.05) is 12.6 Å². The van der Waals surface area contributed by atoms with Gasteiger partial charge in [-0.25, -0.2) is 13.1 Å². The number of likely N-dealkylation sites (N-methyl/N-ethyl adjacent to an activating group) is 1. The third-order valence-corrected chi connectivity index (χ3v) is 5.49. The summed E-state index contributed by atoms with van der Waals surface area (Å²) in [7, 11) is -3.52. The second-order valence-electron chi connectivity index (χ2n) is 5.53. The van der Waals surface area contributed by atoms with E-state index in [0.717, 1.165) is 25.9 Å². The molecule has 2 atom stereocenters. The van der Waals surface area contributed by atoms with Crippen LogP contribution in [0, 0.1) is 0 Å². The monoisotopic (exact) mass is 312 g/mol. The normalized spacial score (nSPS) is 21.6. The molecular formula is C15H24N2O3S. The van der Waals surface area contributed by atoms with Crippen molar-refractivity contribution in [2.45, 2.75) is 43.7 Å². The van der Waals surface area contributed by atoms with Gasteiger partial charge >= 0.3 is 0 Å². The van der Waals surface area contributed by atoms with E-state index in [4.69, 9.17) is 0 Å². The molecule has 0 bridgehead atoms. The van der Waals surface area contributed by atoms with E-state index in [9.17, 15) is 13.5 Å². The summed E-state index contributed by atoms with van der Waals surface area (Å²) in [6.07, 6.45) is 1.48. The number of aliphatic hydroxyl groups excluding tert-OH is 1. The van der Waals surface area contributed by atoms with Crippen molar-refractivity contribution < 1.29 is 13.5 Å². The number of hydrogen-bond acceptors (Lipinski definition) is 4. The SMILES string of the molecule is CCN1CCCC1CNS(=O)(=O)c1cccc(C(C)O)c1.